The molecule has 2 aromatic heterocycles. The molecule has 6 nitrogen and oxygen atoms in total. The van der Waals surface area contributed by atoms with Crippen molar-refractivity contribution in [2.45, 2.75) is 13.8 Å². The van der Waals surface area contributed by atoms with Gasteiger partial charge < -0.3 is 9.84 Å². The van der Waals surface area contributed by atoms with E-state index in [0.717, 1.165) is 0 Å². The molecule has 0 saturated heterocycles. The normalized spacial score (nSPS) is 10.6. The molecule has 1 amide bonds. The smallest absolute Gasteiger partial charge is 0.275 e. The Kier molecular flexibility index (Phi) is 2.89. The number of nitrogens with one attached hydrogen (secondary N) is 1. The maximum absolute atomic E-state index is 12.0. The van der Waals surface area contributed by atoms with Crippen LogP contribution in [0.15, 0.2) is 10.7 Å². The van der Waals surface area contributed by atoms with E-state index >= 15 is 0 Å². The van der Waals surface area contributed by atoms with Crippen LogP contribution in [-0.2, 0) is 7.05 Å². The Hall–Kier alpha value is -1.82. The van der Waals surface area contributed by atoms with Crippen molar-refractivity contribution >= 4 is 23.2 Å². The first-order valence-electron chi connectivity index (χ1n) is 4.92. The Morgan fingerprint density at radius 2 is 2.24 bits per heavy atom. The van der Waals surface area contributed by atoms with Gasteiger partial charge in [-0.3, -0.25) is 9.48 Å². The lowest BCUT2D eigenvalue weighted by atomic mass is 10.3. The van der Waals surface area contributed by atoms with Crippen LogP contribution in [0.3, 0.4) is 0 Å². The summed E-state index contributed by atoms with van der Waals surface area (Å²) in [6.07, 6.45) is 1.42. The predicted molar refractivity (Wildman–Crippen MR) is 62.1 cm³/mol. The van der Waals surface area contributed by atoms with Gasteiger partial charge in [0.2, 0.25) is 0 Å². The van der Waals surface area contributed by atoms with E-state index in [4.69, 9.17) is 16.1 Å². The summed E-state index contributed by atoms with van der Waals surface area (Å²) in [6.45, 7) is 3.47. The van der Waals surface area contributed by atoms with Crippen LogP contribution < -0.4 is 5.32 Å². The van der Waals surface area contributed by atoms with Crippen molar-refractivity contribution in [2.75, 3.05) is 5.32 Å². The first-order valence-corrected chi connectivity index (χ1v) is 5.30. The molecule has 0 spiro atoms. The highest BCUT2D eigenvalue weighted by atomic mass is 35.5. The Bertz CT molecular complexity index is 534. The first-order chi connectivity index (χ1) is 8.00. The van der Waals surface area contributed by atoms with Crippen molar-refractivity contribution in [1.29, 1.82) is 0 Å². The van der Waals surface area contributed by atoms with E-state index in [2.05, 4.69) is 15.6 Å². The molecule has 7 heteroatoms. The van der Waals surface area contributed by atoms with E-state index < -0.39 is 0 Å². The lowest BCUT2D eigenvalue weighted by Crippen LogP contribution is -2.17. The molecule has 0 aliphatic carbocycles. The van der Waals surface area contributed by atoms with Gasteiger partial charge in [0.05, 0.1) is 11.2 Å². The second kappa shape index (κ2) is 4.21. The molecule has 1 N–H and O–H groups in total. The van der Waals surface area contributed by atoms with Crippen LogP contribution in [0.1, 0.15) is 21.9 Å². The minimum atomic E-state index is -0.343. The van der Waals surface area contributed by atoms with Gasteiger partial charge in [0.15, 0.2) is 5.76 Å². The molecule has 0 aliphatic rings. The molecule has 0 aromatic carbocycles. The Morgan fingerprint density at radius 3 is 2.71 bits per heavy atom. The Balaban J connectivity index is 2.29. The number of amides is 1. The number of anilines is 1. The lowest BCUT2D eigenvalue weighted by molar-refractivity contribution is 0.101. The van der Waals surface area contributed by atoms with E-state index in [0.29, 0.717) is 27.9 Å². The molecule has 17 heavy (non-hydrogen) atoms. The summed E-state index contributed by atoms with van der Waals surface area (Å²) < 4.78 is 6.37. The first kappa shape index (κ1) is 11.7. The minimum absolute atomic E-state index is 0.298. The fourth-order valence-electron chi connectivity index (χ4n) is 1.50. The summed E-state index contributed by atoms with van der Waals surface area (Å²) in [5.41, 5.74) is 1.48. The Morgan fingerprint density at radius 1 is 1.53 bits per heavy atom. The molecule has 0 saturated carbocycles. The molecular weight excluding hydrogens is 244 g/mol. The van der Waals surface area contributed by atoms with Crippen LogP contribution in [0.5, 0.6) is 0 Å². The molecule has 0 radical (unpaired) electrons. The highest BCUT2D eigenvalue weighted by molar-refractivity contribution is 6.34. The zero-order valence-electron chi connectivity index (χ0n) is 9.61. The van der Waals surface area contributed by atoms with Crippen LogP contribution in [0.4, 0.5) is 5.69 Å². The quantitative estimate of drug-likeness (QED) is 0.889. The van der Waals surface area contributed by atoms with Gasteiger partial charge in [-0.05, 0) is 13.8 Å². The van der Waals surface area contributed by atoms with E-state index in [1.165, 1.54) is 10.9 Å². The van der Waals surface area contributed by atoms with Crippen LogP contribution >= 0.6 is 11.6 Å². The number of aryl methyl sites for hydroxylation is 3. The summed E-state index contributed by atoms with van der Waals surface area (Å²) in [6, 6.07) is 0. The second-order valence-corrected chi connectivity index (χ2v) is 4.03. The summed E-state index contributed by atoms with van der Waals surface area (Å²) in [5, 5.41) is 10.7. The van der Waals surface area contributed by atoms with Crippen LogP contribution in [-0.4, -0.2) is 20.8 Å². The third kappa shape index (κ3) is 2.03. The predicted octanol–water partition coefficient (Wildman–Crippen LogP) is 1.93. The highest BCUT2D eigenvalue weighted by Gasteiger charge is 2.19. The third-order valence-electron chi connectivity index (χ3n) is 2.38. The molecule has 2 rings (SSSR count). The molecule has 90 valence electrons. The van der Waals surface area contributed by atoms with Crippen LogP contribution in [0.25, 0.3) is 0 Å². The molecule has 0 unspecified atom stereocenters. The number of carbonyl (C=O) groups is 1. The molecule has 2 heterocycles. The van der Waals surface area contributed by atoms with Crippen molar-refractivity contribution < 1.29 is 9.32 Å². The SMILES string of the molecule is Cc1noc(C)c1NC(=O)c1c(Cl)cnn1C. The van der Waals surface area contributed by atoms with Crippen LogP contribution in [0.2, 0.25) is 5.02 Å². The zero-order valence-corrected chi connectivity index (χ0v) is 10.4. The summed E-state index contributed by atoms with van der Waals surface area (Å²) >= 11 is 5.88. The van der Waals surface area contributed by atoms with E-state index in [1.54, 1.807) is 20.9 Å². The fourth-order valence-corrected chi connectivity index (χ4v) is 1.75. The number of carbonyl (C=O) groups excluding carboxylic acids is 1. The number of rotatable bonds is 2. The standard InChI is InChI=1S/C10H11ClN4O2/c1-5-8(6(2)17-14-5)13-10(16)9-7(11)4-12-15(9)3/h4H,1-3H3,(H,13,16). The van der Waals surface area contributed by atoms with Crippen molar-refractivity contribution in [1.82, 2.24) is 14.9 Å². The summed E-state index contributed by atoms with van der Waals surface area (Å²) in [4.78, 5) is 12.0. The van der Waals surface area contributed by atoms with Gasteiger partial charge in [-0.25, -0.2) is 0 Å². The number of hydrogen-bond acceptors (Lipinski definition) is 4. The van der Waals surface area contributed by atoms with Gasteiger partial charge >= 0.3 is 0 Å². The van der Waals surface area contributed by atoms with Gasteiger partial charge in [0.1, 0.15) is 17.1 Å². The van der Waals surface area contributed by atoms with E-state index in [-0.39, 0.29) is 5.91 Å². The molecule has 0 fully saturated rings. The van der Waals surface area contributed by atoms with Crippen molar-refractivity contribution in [3.63, 3.8) is 0 Å². The van der Waals surface area contributed by atoms with Gasteiger partial charge in [-0.15, -0.1) is 0 Å². The van der Waals surface area contributed by atoms with E-state index in [9.17, 15) is 4.79 Å². The highest BCUT2D eigenvalue weighted by Crippen LogP contribution is 2.21. The van der Waals surface area contributed by atoms with E-state index in [1.807, 2.05) is 0 Å². The van der Waals surface area contributed by atoms with Gasteiger partial charge in [-0.2, -0.15) is 5.10 Å². The minimum Gasteiger partial charge on any atom is -0.359 e. The molecule has 0 aliphatic heterocycles. The van der Waals surface area contributed by atoms with Crippen LogP contribution in [0, 0.1) is 13.8 Å². The molecular formula is C10H11ClN4O2. The average Bonchev–Trinajstić information content (AvgIpc) is 2.75. The maximum atomic E-state index is 12.0. The lowest BCUT2D eigenvalue weighted by Gasteiger charge is -2.04. The van der Waals surface area contributed by atoms with Crippen molar-refractivity contribution in [3.05, 3.63) is 28.4 Å². The molecule has 0 atom stereocenters. The largest absolute Gasteiger partial charge is 0.359 e. The van der Waals surface area contributed by atoms with Gasteiger partial charge in [0.25, 0.3) is 5.91 Å². The van der Waals surface area contributed by atoms with Gasteiger partial charge in [0, 0.05) is 7.05 Å². The number of aromatic nitrogens is 3. The summed E-state index contributed by atoms with van der Waals surface area (Å²) in [7, 11) is 1.65. The molecule has 2 aromatic rings. The number of halogens is 1. The van der Waals surface area contributed by atoms with Crippen molar-refractivity contribution in [2.24, 2.45) is 7.05 Å². The number of hydrogen-bond donors (Lipinski definition) is 1. The number of nitrogens with zero attached hydrogens (tertiary/aromatic N) is 3. The maximum Gasteiger partial charge on any atom is 0.275 e. The average molecular weight is 255 g/mol. The second-order valence-electron chi connectivity index (χ2n) is 3.62. The topological polar surface area (TPSA) is 73.0 Å². The molecule has 0 bridgehead atoms. The fraction of sp³-hybridized carbons (Fsp3) is 0.300. The summed E-state index contributed by atoms with van der Waals surface area (Å²) in [5.74, 6) is 0.207. The monoisotopic (exact) mass is 254 g/mol. The van der Waals surface area contributed by atoms with Crippen molar-refractivity contribution in [3.8, 4) is 0 Å². The zero-order chi connectivity index (χ0) is 12.6. The van der Waals surface area contributed by atoms with Gasteiger partial charge in [-0.1, -0.05) is 16.8 Å². The Labute approximate surface area is 103 Å². The third-order valence-corrected chi connectivity index (χ3v) is 2.66.